The quantitative estimate of drug-likeness (QED) is 0.937. The van der Waals surface area contributed by atoms with Crippen LogP contribution < -0.4 is 5.32 Å². The molecule has 1 fully saturated rings. The van der Waals surface area contributed by atoms with Crippen molar-refractivity contribution in [2.45, 2.75) is 32.4 Å². The van der Waals surface area contributed by atoms with Crippen LogP contribution in [0.25, 0.3) is 10.9 Å². The molecule has 5 heteroatoms. The molecular formula is C16H18N4O. The van der Waals surface area contributed by atoms with Crippen molar-refractivity contribution in [1.82, 2.24) is 10.2 Å². The van der Waals surface area contributed by atoms with Crippen LogP contribution in [0.5, 0.6) is 0 Å². The Morgan fingerprint density at radius 3 is 2.76 bits per heavy atom. The van der Waals surface area contributed by atoms with Gasteiger partial charge in [-0.15, -0.1) is 10.2 Å². The van der Waals surface area contributed by atoms with E-state index in [-0.39, 0.29) is 17.6 Å². The van der Waals surface area contributed by atoms with Gasteiger partial charge >= 0.3 is 0 Å². The lowest BCUT2D eigenvalue weighted by atomic mass is 9.64. The smallest absolute Gasteiger partial charge is 0.186 e. The molecule has 2 aromatic rings. The largest absolute Gasteiger partial charge is 0.381 e. The fourth-order valence-electron chi connectivity index (χ4n) is 2.98. The lowest BCUT2D eigenvalue weighted by Crippen LogP contribution is -2.57. The number of nitrogens with one attached hydrogen (secondary N) is 1. The summed E-state index contributed by atoms with van der Waals surface area (Å²) in [6.45, 7) is 4.34. The number of rotatable bonds is 3. The van der Waals surface area contributed by atoms with Crippen LogP contribution in [0.15, 0.2) is 24.3 Å². The lowest BCUT2D eigenvalue weighted by Gasteiger charge is -2.51. The summed E-state index contributed by atoms with van der Waals surface area (Å²) in [7, 11) is 1.74. The molecule has 1 saturated carbocycles. The number of anilines is 1. The minimum Gasteiger partial charge on any atom is -0.381 e. The Labute approximate surface area is 123 Å². The maximum absolute atomic E-state index is 9.29. The normalized spacial score (nSPS) is 23.3. The first kappa shape index (κ1) is 13.8. The highest BCUT2D eigenvalue weighted by Gasteiger charge is 2.48. The molecule has 0 radical (unpaired) electrons. The molecule has 1 aromatic carbocycles. The van der Waals surface area contributed by atoms with Crippen LogP contribution >= 0.6 is 0 Å². The minimum atomic E-state index is 0.0197. The lowest BCUT2D eigenvalue weighted by molar-refractivity contribution is -0.0794. The number of nitriles is 1. The Kier molecular flexibility index (Phi) is 3.26. The second kappa shape index (κ2) is 4.97. The fourth-order valence-corrected chi connectivity index (χ4v) is 2.98. The van der Waals surface area contributed by atoms with Gasteiger partial charge in [-0.1, -0.05) is 32.0 Å². The van der Waals surface area contributed by atoms with E-state index in [1.165, 1.54) is 0 Å². The van der Waals surface area contributed by atoms with Gasteiger partial charge in [0.25, 0.3) is 0 Å². The van der Waals surface area contributed by atoms with Crippen molar-refractivity contribution in [1.29, 1.82) is 5.26 Å². The number of benzene rings is 1. The first-order valence-electron chi connectivity index (χ1n) is 7.02. The van der Waals surface area contributed by atoms with Gasteiger partial charge in [-0.05, 0) is 12.5 Å². The third-order valence-corrected chi connectivity index (χ3v) is 4.55. The van der Waals surface area contributed by atoms with E-state index in [1.54, 1.807) is 7.11 Å². The highest BCUT2D eigenvalue weighted by Crippen LogP contribution is 2.44. The van der Waals surface area contributed by atoms with Crippen molar-refractivity contribution in [2.24, 2.45) is 5.41 Å². The number of hydrogen-bond donors (Lipinski definition) is 1. The van der Waals surface area contributed by atoms with Crippen LogP contribution in [-0.4, -0.2) is 29.5 Å². The number of methoxy groups -OCH3 is 1. The molecule has 1 heterocycles. The monoisotopic (exact) mass is 282 g/mol. The second-order valence-electron chi connectivity index (χ2n) is 6.03. The SMILES string of the molecule is COC1CC(Nc2c(C#N)nnc3ccccc23)C1(C)C. The van der Waals surface area contributed by atoms with E-state index >= 15 is 0 Å². The van der Waals surface area contributed by atoms with Gasteiger partial charge in [-0.25, -0.2) is 0 Å². The van der Waals surface area contributed by atoms with E-state index in [9.17, 15) is 5.26 Å². The van der Waals surface area contributed by atoms with Crippen molar-refractivity contribution in [3.05, 3.63) is 30.0 Å². The van der Waals surface area contributed by atoms with Gasteiger partial charge in [0.1, 0.15) is 6.07 Å². The fraction of sp³-hybridized carbons (Fsp3) is 0.438. The predicted molar refractivity (Wildman–Crippen MR) is 80.9 cm³/mol. The van der Waals surface area contributed by atoms with Crippen molar-refractivity contribution < 1.29 is 4.74 Å². The summed E-state index contributed by atoms with van der Waals surface area (Å²) < 4.78 is 5.48. The zero-order chi connectivity index (χ0) is 15.0. The molecule has 0 bridgehead atoms. The van der Waals surface area contributed by atoms with Crippen LogP contribution in [-0.2, 0) is 4.74 Å². The van der Waals surface area contributed by atoms with E-state index in [2.05, 4.69) is 35.4 Å². The standard InChI is InChI=1S/C16H18N4O/c1-16(2)13(8-14(16)21-3)18-15-10-6-4-5-7-11(10)19-20-12(15)9-17/h4-7,13-14H,8H2,1-3H3,(H,18,19). The molecule has 0 aliphatic heterocycles. The molecule has 0 saturated heterocycles. The first-order valence-corrected chi connectivity index (χ1v) is 7.02. The van der Waals surface area contributed by atoms with Crippen LogP contribution in [0.2, 0.25) is 0 Å². The average molecular weight is 282 g/mol. The van der Waals surface area contributed by atoms with E-state index in [4.69, 9.17) is 4.74 Å². The van der Waals surface area contributed by atoms with E-state index in [0.717, 1.165) is 23.0 Å². The molecular weight excluding hydrogens is 264 g/mol. The number of nitrogens with zero attached hydrogens (tertiary/aromatic N) is 3. The first-order chi connectivity index (χ1) is 10.1. The summed E-state index contributed by atoms with van der Waals surface area (Å²) in [5, 5.41) is 21.8. The third kappa shape index (κ3) is 2.12. The average Bonchev–Trinajstić information content (AvgIpc) is 2.50. The van der Waals surface area contributed by atoms with Crippen molar-refractivity contribution in [3.63, 3.8) is 0 Å². The molecule has 108 valence electrons. The highest BCUT2D eigenvalue weighted by molar-refractivity contribution is 5.93. The number of hydrogen-bond acceptors (Lipinski definition) is 5. The second-order valence-corrected chi connectivity index (χ2v) is 6.03. The number of fused-ring (bicyclic) bond motifs is 1. The summed E-state index contributed by atoms with van der Waals surface area (Å²) in [5.74, 6) is 0. The summed E-state index contributed by atoms with van der Waals surface area (Å²) in [6, 6.07) is 10.1. The van der Waals surface area contributed by atoms with Gasteiger partial charge in [0, 0.05) is 24.0 Å². The zero-order valence-corrected chi connectivity index (χ0v) is 12.4. The van der Waals surface area contributed by atoms with Crippen molar-refractivity contribution >= 4 is 16.6 Å². The van der Waals surface area contributed by atoms with Gasteiger partial charge in [0.15, 0.2) is 5.69 Å². The van der Waals surface area contributed by atoms with E-state index in [0.29, 0.717) is 5.69 Å². The Hall–Kier alpha value is -2.19. The highest BCUT2D eigenvalue weighted by atomic mass is 16.5. The van der Waals surface area contributed by atoms with E-state index < -0.39 is 0 Å². The molecule has 0 amide bonds. The Morgan fingerprint density at radius 2 is 2.10 bits per heavy atom. The summed E-state index contributed by atoms with van der Waals surface area (Å²) >= 11 is 0. The van der Waals surface area contributed by atoms with Crippen molar-refractivity contribution in [2.75, 3.05) is 12.4 Å². The van der Waals surface area contributed by atoms with Crippen LogP contribution in [0.3, 0.4) is 0 Å². The molecule has 1 aromatic heterocycles. The van der Waals surface area contributed by atoms with Crippen LogP contribution in [0.4, 0.5) is 5.69 Å². The molecule has 1 N–H and O–H groups in total. The van der Waals surface area contributed by atoms with Gasteiger partial charge in [0.05, 0.1) is 17.3 Å². The van der Waals surface area contributed by atoms with Gasteiger partial charge in [-0.2, -0.15) is 5.26 Å². The number of ether oxygens (including phenoxy) is 1. The van der Waals surface area contributed by atoms with E-state index in [1.807, 2.05) is 24.3 Å². The maximum atomic E-state index is 9.29. The van der Waals surface area contributed by atoms with Gasteiger partial charge in [-0.3, -0.25) is 0 Å². The summed E-state index contributed by atoms with van der Waals surface area (Å²) in [4.78, 5) is 0. The molecule has 2 unspecified atom stereocenters. The molecule has 5 nitrogen and oxygen atoms in total. The summed E-state index contributed by atoms with van der Waals surface area (Å²) in [6.07, 6.45) is 1.16. The topological polar surface area (TPSA) is 70.8 Å². The molecule has 2 atom stereocenters. The molecule has 3 rings (SSSR count). The molecule has 21 heavy (non-hydrogen) atoms. The third-order valence-electron chi connectivity index (χ3n) is 4.55. The van der Waals surface area contributed by atoms with Gasteiger partial charge < -0.3 is 10.1 Å². The maximum Gasteiger partial charge on any atom is 0.186 e. The zero-order valence-electron chi connectivity index (χ0n) is 12.4. The number of aromatic nitrogens is 2. The molecule has 1 aliphatic rings. The van der Waals surface area contributed by atoms with Gasteiger partial charge in [0.2, 0.25) is 0 Å². The Morgan fingerprint density at radius 1 is 1.33 bits per heavy atom. The molecule has 0 spiro atoms. The molecule has 1 aliphatic carbocycles. The van der Waals surface area contributed by atoms with Crippen LogP contribution in [0, 0.1) is 16.7 Å². The predicted octanol–water partition coefficient (Wildman–Crippen LogP) is 2.73. The van der Waals surface area contributed by atoms with Crippen molar-refractivity contribution in [3.8, 4) is 6.07 Å². The van der Waals surface area contributed by atoms with Crippen LogP contribution in [0.1, 0.15) is 26.0 Å². The summed E-state index contributed by atoms with van der Waals surface area (Å²) in [5.41, 5.74) is 1.92. The Bertz CT molecular complexity index is 720. The minimum absolute atomic E-state index is 0.0197. The Balaban J connectivity index is 1.99.